The van der Waals surface area contributed by atoms with E-state index in [4.69, 9.17) is 0 Å². The van der Waals surface area contributed by atoms with E-state index in [2.05, 4.69) is 10.6 Å². The van der Waals surface area contributed by atoms with Gasteiger partial charge < -0.3 is 10.6 Å². The van der Waals surface area contributed by atoms with Crippen LogP contribution >= 0.6 is 0 Å². The summed E-state index contributed by atoms with van der Waals surface area (Å²) in [7, 11) is 3.71. The molecule has 0 saturated carbocycles. The summed E-state index contributed by atoms with van der Waals surface area (Å²) in [5.74, 6) is 0. The maximum Gasteiger partial charge on any atom is 0.0121 e. The lowest BCUT2D eigenvalue weighted by Crippen LogP contribution is -1.98. The number of hydrogen-bond acceptors (Lipinski definition) is 2. The average molecular weight is 86.1 g/mol. The first-order valence-electron chi connectivity index (χ1n) is 1.91. The van der Waals surface area contributed by atoms with E-state index in [-0.39, 0.29) is 0 Å². The highest BCUT2D eigenvalue weighted by atomic mass is 14.8. The zero-order chi connectivity index (χ0) is 4.83. The molecule has 0 radical (unpaired) electrons. The molecule has 6 heavy (non-hydrogen) atoms. The molecule has 0 fully saturated rings. The van der Waals surface area contributed by atoms with Gasteiger partial charge in [-0.25, -0.2) is 0 Å². The zero-order valence-corrected chi connectivity index (χ0v) is 4.15. The van der Waals surface area contributed by atoms with Crippen LogP contribution in [-0.4, -0.2) is 14.1 Å². The molecule has 0 saturated heterocycles. The SMILES string of the molecule is CN/C=C/NC. The lowest BCUT2D eigenvalue weighted by atomic mass is 10.9. The molecule has 2 nitrogen and oxygen atoms in total. The maximum absolute atomic E-state index is 2.83. The Morgan fingerprint density at radius 3 is 1.50 bits per heavy atom. The van der Waals surface area contributed by atoms with Crippen molar-refractivity contribution in [1.29, 1.82) is 0 Å². The first kappa shape index (κ1) is 5.34. The molecule has 0 aliphatic heterocycles. The van der Waals surface area contributed by atoms with E-state index >= 15 is 0 Å². The Morgan fingerprint density at radius 2 is 1.33 bits per heavy atom. The molecule has 0 heterocycles. The van der Waals surface area contributed by atoms with Crippen LogP contribution < -0.4 is 10.6 Å². The van der Waals surface area contributed by atoms with Crippen molar-refractivity contribution in [3.05, 3.63) is 12.4 Å². The molecule has 0 amide bonds. The Balaban J connectivity index is 2.73. The van der Waals surface area contributed by atoms with Crippen molar-refractivity contribution >= 4 is 0 Å². The van der Waals surface area contributed by atoms with Gasteiger partial charge in [0.15, 0.2) is 0 Å². The van der Waals surface area contributed by atoms with E-state index in [9.17, 15) is 0 Å². The number of hydrogen-bond donors (Lipinski definition) is 2. The molecule has 0 aromatic rings. The maximum atomic E-state index is 2.83. The van der Waals surface area contributed by atoms with Crippen molar-refractivity contribution < 1.29 is 0 Å². The second-order valence-corrected chi connectivity index (χ2v) is 0.911. The summed E-state index contributed by atoms with van der Waals surface area (Å²) in [6.07, 6.45) is 3.64. The second kappa shape index (κ2) is 4.34. The van der Waals surface area contributed by atoms with Crippen molar-refractivity contribution in [1.82, 2.24) is 10.6 Å². The highest BCUT2D eigenvalue weighted by Gasteiger charge is 1.52. The third-order valence-electron chi connectivity index (χ3n) is 0.417. The highest BCUT2D eigenvalue weighted by molar-refractivity contribution is 4.71. The summed E-state index contributed by atoms with van der Waals surface area (Å²) in [6.45, 7) is 0. The van der Waals surface area contributed by atoms with Crippen LogP contribution in [0.5, 0.6) is 0 Å². The van der Waals surface area contributed by atoms with Crippen molar-refractivity contribution in [2.45, 2.75) is 0 Å². The standard InChI is InChI=1S/C4H10N2/c1-5-3-4-6-2/h3-6H,1-2H3/b4-3+. The largest absolute Gasteiger partial charge is 0.393 e. The van der Waals surface area contributed by atoms with Gasteiger partial charge in [0, 0.05) is 26.5 Å². The minimum Gasteiger partial charge on any atom is -0.393 e. The van der Waals surface area contributed by atoms with E-state index in [0.29, 0.717) is 0 Å². The molecule has 0 unspecified atom stereocenters. The molecule has 0 spiro atoms. The van der Waals surface area contributed by atoms with E-state index in [0.717, 1.165) is 0 Å². The Hall–Kier alpha value is -0.660. The van der Waals surface area contributed by atoms with E-state index in [1.54, 1.807) is 0 Å². The van der Waals surface area contributed by atoms with E-state index in [1.807, 2.05) is 26.5 Å². The van der Waals surface area contributed by atoms with E-state index in [1.165, 1.54) is 0 Å². The molecule has 2 heteroatoms. The van der Waals surface area contributed by atoms with Crippen LogP contribution in [0.4, 0.5) is 0 Å². The lowest BCUT2D eigenvalue weighted by Gasteiger charge is -1.82. The molecular weight excluding hydrogens is 76.1 g/mol. The third kappa shape index (κ3) is 3.34. The van der Waals surface area contributed by atoms with Gasteiger partial charge in [-0.1, -0.05) is 0 Å². The Kier molecular flexibility index (Phi) is 3.86. The quantitative estimate of drug-likeness (QED) is 0.490. The predicted molar refractivity (Wildman–Crippen MR) is 27.3 cm³/mol. The molecule has 0 aliphatic carbocycles. The predicted octanol–water partition coefficient (Wildman–Crippen LogP) is -0.104. The molecule has 36 valence electrons. The van der Waals surface area contributed by atoms with Gasteiger partial charge >= 0.3 is 0 Å². The summed E-state index contributed by atoms with van der Waals surface area (Å²) in [4.78, 5) is 0. The van der Waals surface area contributed by atoms with Crippen LogP contribution in [0.1, 0.15) is 0 Å². The van der Waals surface area contributed by atoms with Crippen LogP contribution in [0.3, 0.4) is 0 Å². The number of rotatable bonds is 2. The van der Waals surface area contributed by atoms with Crippen molar-refractivity contribution in [2.75, 3.05) is 14.1 Å². The topological polar surface area (TPSA) is 24.1 Å². The van der Waals surface area contributed by atoms with Crippen LogP contribution in [0.15, 0.2) is 12.4 Å². The normalized spacial score (nSPS) is 9.00. The smallest absolute Gasteiger partial charge is 0.0121 e. The van der Waals surface area contributed by atoms with Gasteiger partial charge in [0.2, 0.25) is 0 Å². The molecule has 0 aromatic carbocycles. The third-order valence-corrected chi connectivity index (χ3v) is 0.417. The fourth-order valence-corrected chi connectivity index (χ4v) is 0.167. The molecule has 0 aromatic heterocycles. The minimum atomic E-state index is 1.82. The monoisotopic (exact) mass is 86.1 g/mol. The first-order valence-corrected chi connectivity index (χ1v) is 1.91. The average Bonchev–Trinajstić information content (AvgIpc) is 1.61. The first-order chi connectivity index (χ1) is 2.91. The molecule has 0 aliphatic rings. The number of nitrogens with one attached hydrogen (secondary N) is 2. The van der Waals surface area contributed by atoms with Crippen LogP contribution in [0.25, 0.3) is 0 Å². The van der Waals surface area contributed by atoms with Gasteiger partial charge in [-0.15, -0.1) is 0 Å². The van der Waals surface area contributed by atoms with Crippen molar-refractivity contribution in [3.63, 3.8) is 0 Å². The molecule has 2 N–H and O–H groups in total. The Morgan fingerprint density at radius 1 is 1.00 bits per heavy atom. The fourth-order valence-electron chi connectivity index (χ4n) is 0.167. The molecular formula is C4H10N2. The van der Waals surface area contributed by atoms with Crippen LogP contribution in [0, 0.1) is 0 Å². The lowest BCUT2D eigenvalue weighted by molar-refractivity contribution is 1.03. The molecule has 0 bridgehead atoms. The van der Waals surface area contributed by atoms with Gasteiger partial charge in [-0.05, 0) is 0 Å². The van der Waals surface area contributed by atoms with E-state index < -0.39 is 0 Å². The summed E-state index contributed by atoms with van der Waals surface area (Å²) >= 11 is 0. The second-order valence-electron chi connectivity index (χ2n) is 0.911. The van der Waals surface area contributed by atoms with Gasteiger partial charge in [0.05, 0.1) is 0 Å². The van der Waals surface area contributed by atoms with Crippen LogP contribution in [0.2, 0.25) is 0 Å². The Labute approximate surface area is 38.2 Å². The highest BCUT2D eigenvalue weighted by Crippen LogP contribution is 1.49. The van der Waals surface area contributed by atoms with Gasteiger partial charge in [-0.3, -0.25) is 0 Å². The molecule has 0 rings (SSSR count). The summed E-state index contributed by atoms with van der Waals surface area (Å²) in [5, 5.41) is 5.65. The zero-order valence-electron chi connectivity index (χ0n) is 4.15. The summed E-state index contributed by atoms with van der Waals surface area (Å²) in [5.41, 5.74) is 0. The van der Waals surface area contributed by atoms with Gasteiger partial charge in [0.1, 0.15) is 0 Å². The molecule has 0 atom stereocenters. The van der Waals surface area contributed by atoms with Crippen LogP contribution in [-0.2, 0) is 0 Å². The summed E-state index contributed by atoms with van der Waals surface area (Å²) < 4.78 is 0. The Bertz CT molecular complexity index is 34.8. The summed E-state index contributed by atoms with van der Waals surface area (Å²) in [6, 6.07) is 0. The minimum absolute atomic E-state index is 1.82. The van der Waals surface area contributed by atoms with Crippen molar-refractivity contribution in [2.24, 2.45) is 0 Å². The fraction of sp³-hybridized carbons (Fsp3) is 0.500. The van der Waals surface area contributed by atoms with Crippen molar-refractivity contribution in [3.8, 4) is 0 Å². The van der Waals surface area contributed by atoms with Gasteiger partial charge in [-0.2, -0.15) is 0 Å². The van der Waals surface area contributed by atoms with Gasteiger partial charge in [0.25, 0.3) is 0 Å².